The van der Waals surface area contributed by atoms with Crippen molar-refractivity contribution in [2.45, 2.75) is 18.9 Å². The topological polar surface area (TPSA) is 106 Å². The Labute approximate surface area is 176 Å². The number of rotatable bonds is 8. The molecule has 1 aromatic heterocycles. The van der Waals surface area contributed by atoms with Gasteiger partial charge in [0.15, 0.2) is 0 Å². The first-order valence-corrected chi connectivity index (χ1v) is 9.22. The number of nitrogens with one attached hydrogen (secondary N) is 2. The highest BCUT2D eigenvalue weighted by atomic mass is 35.5. The zero-order valence-corrected chi connectivity index (χ0v) is 16.9. The van der Waals surface area contributed by atoms with Crippen LogP contribution >= 0.6 is 0 Å². The van der Waals surface area contributed by atoms with Gasteiger partial charge >= 0.3 is 1.43 Å². The summed E-state index contributed by atoms with van der Waals surface area (Å²) in [5, 5.41) is 3.64. The van der Waals surface area contributed by atoms with E-state index in [0.29, 0.717) is 24.5 Å². The molecule has 6 N–H and O–H groups in total. The highest BCUT2D eigenvalue weighted by Gasteiger charge is 2.15. The average molecular weight is 421 g/mol. The van der Waals surface area contributed by atoms with E-state index in [1.54, 1.807) is 25.3 Å². The fourth-order valence-electron chi connectivity index (χ4n) is 3.11. The monoisotopic (exact) mass is 420 g/mol. The molecule has 1 heterocycles. The van der Waals surface area contributed by atoms with Crippen molar-refractivity contribution >= 4 is 16.8 Å². The van der Waals surface area contributed by atoms with E-state index >= 15 is 0 Å². The lowest BCUT2D eigenvalue weighted by molar-refractivity contribution is -0.0000149. The second-order valence-corrected chi connectivity index (χ2v) is 6.73. The van der Waals surface area contributed by atoms with Crippen LogP contribution in [0.2, 0.25) is 0 Å². The molecule has 6 nitrogen and oxygen atoms in total. The highest BCUT2D eigenvalue weighted by Crippen LogP contribution is 2.33. The predicted octanol–water partition coefficient (Wildman–Crippen LogP) is -0.105. The van der Waals surface area contributed by atoms with Crippen LogP contribution < -0.4 is 33.9 Å². The van der Waals surface area contributed by atoms with Gasteiger partial charge < -0.3 is 38.9 Å². The third kappa shape index (κ3) is 5.47. The number of carbonyl (C=O) groups is 1. The van der Waals surface area contributed by atoms with Gasteiger partial charge in [-0.1, -0.05) is 12.1 Å². The Morgan fingerprint density at radius 3 is 2.62 bits per heavy atom. The van der Waals surface area contributed by atoms with Crippen molar-refractivity contribution in [1.29, 1.82) is 0 Å². The molecule has 3 aromatic rings. The number of nitrogens with two attached hydrogens (primary N) is 2. The fraction of sp³-hybridized carbons (Fsp3) is 0.286. The van der Waals surface area contributed by atoms with Gasteiger partial charge in [-0.3, -0.25) is 4.79 Å². The van der Waals surface area contributed by atoms with Gasteiger partial charge in [-0.15, -0.1) is 0 Å². The number of methoxy groups -OCH3 is 1. The number of aromatic nitrogens is 1. The molecule has 0 aliphatic heterocycles. The summed E-state index contributed by atoms with van der Waals surface area (Å²) >= 11 is 0. The van der Waals surface area contributed by atoms with Crippen LogP contribution in [0.4, 0.5) is 4.39 Å². The molecule has 0 bridgehead atoms. The van der Waals surface area contributed by atoms with Crippen molar-refractivity contribution in [3.8, 4) is 16.9 Å². The first-order valence-electron chi connectivity index (χ1n) is 9.22. The number of amides is 1. The Hall–Kier alpha value is -2.61. The van der Waals surface area contributed by atoms with Crippen molar-refractivity contribution in [3.05, 3.63) is 54.0 Å². The second kappa shape index (κ2) is 10.2. The Morgan fingerprint density at radius 1 is 1.24 bits per heavy atom. The molecule has 2 aromatic carbocycles. The molecule has 3 rings (SSSR count). The molecule has 0 unspecified atom stereocenters. The summed E-state index contributed by atoms with van der Waals surface area (Å²) in [5.41, 5.74) is 14.4. The normalized spacial score (nSPS) is 11.7. The average Bonchev–Trinajstić information content (AvgIpc) is 3.14. The predicted molar refractivity (Wildman–Crippen MR) is 110 cm³/mol. The Balaban J connectivity index is 0.00000225. The van der Waals surface area contributed by atoms with Crippen molar-refractivity contribution < 1.29 is 27.8 Å². The van der Waals surface area contributed by atoms with Crippen LogP contribution in [0, 0.1) is 5.82 Å². The number of carbonyl (C=O) groups excluding carboxylic acids is 1. The molecule has 0 spiro atoms. The zero-order valence-electron chi connectivity index (χ0n) is 17.2. The standard InChI is InChI=1S/C21H25FN4O2.ClH/c1-28-20-10-14(13-4-6-15(22)7-5-13)9-18-17(20)11-19(26-18)21(27)25-12-16(24)3-2-8-23;/h4-7,9-11,16,26H,2-3,8,12,23-24H2,1H3,(H,25,27);1H/t16-;/m1./s1. The van der Waals surface area contributed by atoms with Gasteiger partial charge in [0.25, 0.3) is 5.91 Å². The van der Waals surface area contributed by atoms with Crippen LogP contribution in [0.1, 0.15) is 24.8 Å². The van der Waals surface area contributed by atoms with Crippen molar-refractivity contribution in [2.75, 3.05) is 20.2 Å². The van der Waals surface area contributed by atoms with Gasteiger partial charge in [-0.2, -0.15) is 0 Å². The van der Waals surface area contributed by atoms with E-state index in [9.17, 15) is 9.18 Å². The number of aromatic amines is 1. The van der Waals surface area contributed by atoms with Gasteiger partial charge in [0.05, 0.1) is 12.6 Å². The fourth-order valence-corrected chi connectivity index (χ4v) is 3.11. The summed E-state index contributed by atoms with van der Waals surface area (Å²) in [6, 6.07) is 11.6. The molecule has 8 heteroatoms. The van der Waals surface area contributed by atoms with Crippen LogP contribution in [-0.2, 0) is 0 Å². The van der Waals surface area contributed by atoms with E-state index in [1.807, 2.05) is 12.1 Å². The minimum atomic E-state index is -0.291. The molecule has 1 amide bonds. The molecule has 0 fully saturated rings. The van der Waals surface area contributed by atoms with E-state index in [4.69, 9.17) is 16.2 Å². The molecule has 29 heavy (non-hydrogen) atoms. The van der Waals surface area contributed by atoms with Crippen molar-refractivity contribution in [2.24, 2.45) is 11.5 Å². The third-order valence-electron chi connectivity index (χ3n) is 4.65. The lowest BCUT2D eigenvalue weighted by Crippen LogP contribution is -3.00. The summed E-state index contributed by atoms with van der Waals surface area (Å²) in [6.45, 7) is 0.964. The first kappa shape index (κ1) is 22.7. The zero-order chi connectivity index (χ0) is 20.1. The van der Waals surface area contributed by atoms with E-state index in [1.165, 1.54) is 12.1 Å². The summed E-state index contributed by atoms with van der Waals surface area (Å²) in [6.07, 6.45) is 1.59. The SMILES string of the molecule is COc1cc(-c2ccc(F)cc2)cc2[nH]c(C(=O)NC[C@H](N)CCCN)cc12.[Cl-].[H+]. The molecule has 156 valence electrons. The number of benzene rings is 2. The summed E-state index contributed by atoms with van der Waals surface area (Å²) in [7, 11) is 1.58. The smallest absolute Gasteiger partial charge is 1.00 e. The summed E-state index contributed by atoms with van der Waals surface area (Å²) < 4.78 is 18.7. The van der Waals surface area contributed by atoms with E-state index in [2.05, 4.69) is 10.3 Å². The molecule has 0 saturated carbocycles. The number of fused-ring (bicyclic) bond motifs is 1. The molecular formula is C21H26ClFN4O2. The van der Waals surface area contributed by atoms with Crippen LogP contribution in [0.3, 0.4) is 0 Å². The maximum atomic E-state index is 13.2. The van der Waals surface area contributed by atoms with Gasteiger partial charge in [-0.25, -0.2) is 4.39 Å². The summed E-state index contributed by atoms with van der Waals surface area (Å²) in [4.78, 5) is 15.6. The largest absolute Gasteiger partial charge is 1.00 e. The molecule has 0 aliphatic carbocycles. The molecular weight excluding hydrogens is 395 g/mol. The first-order chi connectivity index (χ1) is 13.5. The number of hydrogen-bond donors (Lipinski definition) is 4. The number of H-pyrrole nitrogens is 1. The van der Waals surface area contributed by atoms with Gasteiger partial charge in [0.2, 0.25) is 0 Å². The Bertz CT molecular complexity index is 966. The van der Waals surface area contributed by atoms with Gasteiger partial charge in [0, 0.05) is 18.0 Å². The van der Waals surface area contributed by atoms with E-state index < -0.39 is 0 Å². The Kier molecular flexibility index (Phi) is 8.01. The molecule has 0 saturated heterocycles. The van der Waals surface area contributed by atoms with Gasteiger partial charge in [-0.05, 0) is 60.8 Å². The van der Waals surface area contributed by atoms with E-state index in [0.717, 1.165) is 34.9 Å². The number of hydrogen-bond acceptors (Lipinski definition) is 4. The van der Waals surface area contributed by atoms with Crippen LogP contribution in [-0.4, -0.2) is 37.1 Å². The quantitative estimate of drug-likeness (QED) is 0.408. The van der Waals surface area contributed by atoms with Crippen LogP contribution in [0.5, 0.6) is 5.75 Å². The maximum absolute atomic E-state index is 13.2. The third-order valence-corrected chi connectivity index (χ3v) is 4.65. The van der Waals surface area contributed by atoms with Crippen molar-refractivity contribution in [3.63, 3.8) is 0 Å². The Morgan fingerprint density at radius 2 is 1.97 bits per heavy atom. The molecule has 0 aliphatic rings. The van der Waals surface area contributed by atoms with Crippen LogP contribution in [0.25, 0.3) is 22.0 Å². The minimum Gasteiger partial charge on any atom is -1.00 e. The van der Waals surface area contributed by atoms with Crippen molar-refractivity contribution in [1.82, 2.24) is 10.3 Å². The van der Waals surface area contributed by atoms with Gasteiger partial charge in [0.1, 0.15) is 17.3 Å². The van der Waals surface area contributed by atoms with Crippen LogP contribution in [0.15, 0.2) is 42.5 Å². The lowest BCUT2D eigenvalue weighted by Gasteiger charge is -2.11. The number of halogens is 2. The lowest BCUT2D eigenvalue weighted by atomic mass is 10.0. The van der Waals surface area contributed by atoms with E-state index in [-0.39, 0.29) is 31.6 Å². The highest BCUT2D eigenvalue weighted by molar-refractivity contribution is 6.01. The molecule has 0 radical (unpaired) electrons. The number of ether oxygens (including phenoxy) is 1. The minimum absolute atomic E-state index is 0. The molecule has 1 atom stereocenters. The second-order valence-electron chi connectivity index (χ2n) is 6.73. The summed E-state index contributed by atoms with van der Waals surface area (Å²) in [5.74, 6) is 0.108. The maximum Gasteiger partial charge on any atom is 1.00 e.